The first-order valence-corrected chi connectivity index (χ1v) is 11.9. The van der Waals surface area contributed by atoms with E-state index in [1.165, 1.54) is 0 Å². The number of ether oxygens (including phenoxy) is 1. The number of amides is 3. The second-order valence-corrected chi connectivity index (χ2v) is 10.3. The molecule has 0 saturated heterocycles. The second kappa shape index (κ2) is 12.1. The van der Waals surface area contributed by atoms with Crippen LogP contribution >= 0.6 is 0 Å². The lowest BCUT2D eigenvalue weighted by Crippen LogP contribution is -2.57. The van der Waals surface area contributed by atoms with Gasteiger partial charge in [0.2, 0.25) is 11.8 Å². The maximum atomic E-state index is 14.0. The lowest BCUT2D eigenvalue weighted by atomic mass is 9.94. The van der Waals surface area contributed by atoms with E-state index in [9.17, 15) is 14.4 Å². The molecule has 0 saturated carbocycles. The van der Waals surface area contributed by atoms with Gasteiger partial charge in [0.25, 0.3) is 0 Å². The number of carbonyl (C=O) groups excluding carboxylic acids is 3. The van der Waals surface area contributed by atoms with Gasteiger partial charge in [-0.05, 0) is 71.9 Å². The maximum absolute atomic E-state index is 14.0. The first-order chi connectivity index (χ1) is 15.2. The first kappa shape index (κ1) is 28.5. The fourth-order valence-corrected chi connectivity index (χ4v) is 3.58. The molecule has 0 fully saturated rings. The van der Waals surface area contributed by atoms with Crippen LogP contribution in [0.1, 0.15) is 85.9 Å². The molecule has 7 nitrogen and oxygen atoms in total. The van der Waals surface area contributed by atoms with Crippen LogP contribution in [0.5, 0.6) is 0 Å². The summed E-state index contributed by atoms with van der Waals surface area (Å²) in [5.74, 6) is -0.757. The number of alkyl carbamates (subject to hydrolysis) is 1. The predicted molar refractivity (Wildman–Crippen MR) is 132 cm³/mol. The van der Waals surface area contributed by atoms with Gasteiger partial charge < -0.3 is 20.3 Å². The molecule has 3 amide bonds. The lowest BCUT2D eigenvalue weighted by Gasteiger charge is -2.39. The fourth-order valence-electron chi connectivity index (χ4n) is 3.58. The van der Waals surface area contributed by atoms with E-state index in [1.807, 2.05) is 72.7 Å². The average Bonchev–Trinajstić information content (AvgIpc) is 2.67. The molecular formula is C26H43N3O4. The Morgan fingerprint density at radius 3 is 2.03 bits per heavy atom. The van der Waals surface area contributed by atoms with Gasteiger partial charge in [0.1, 0.15) is 17.7 Å². The monoisotopic (exact) mass is 461 g/mol. The summed E-state index contributed by atoms with van der Waals surface area (Å²) in [6, 6.07) is 5.62. The Labute approximate surface area is 199 Å². The van der Waals surface area contributed by atoms with Crippen LogP contribution in [-0.4, -0.2) is 46.5 Å². The summed E-state index contributed by atoms with van der Waals surface area (Å²) in [5.41, 5.74) is 0.999. The van der Waals surface area contributed by atoms with E-state index in [0.29, 0.717) is 6.42 Å². The highest BCUT2D eigenvalue weighted by molar-refractivity contribution is 5.92. The van der Waals surface area contributed by atoms with Gasteiger partial charge in [0.05, 0.1) is 0 Å². The summed E-state index contributed by atoms with van der Waals surface area (Å²) in [6.45, 7) is 18.7. The Hall–Kier alpha value is -2.57. The van der Waals surface area contributed by atoms with Crippen LogP contribution in [0.25, 0.3) is 0 Å². The SMILES string of the molecule is CCC(C)N(C(=O)C(NC(=O)OC(C)(C)C)C(C)C)C(C(=O)NC(C)C)c1ccccc1C. The van der Waals surface area contributed by atoms with E-state index in [1.54, 1.807) is 25.7 Å². The van der Waals surface area contributed by atoms with Crippen molar-refractivity contribution in [1.29, 1.82) is 0 Å². The number of benzene rings is 1. The minimum Gasteiger partial charge on any atom is -0.444 e. The third kappa shape index (κ3) is 8.37. The summed E-state index contributed by atoms with van der Waals surface area (Å²) >= 11 is 0. The van der Waals surface area contributed by atoms with Crippen molar-refractivity contribution in [3.8, 4) is 0 Å². The molecule has 7 heteroatoms. The Morgan fingerprint density at radius 1 is 1.00 bits per heavy atom. The second-order valence-electron chi connectivity index (χ2n) is 10.3. The largest absolute Gasteiger partial charge is 0.444 e. The highest BCUT2D eigenvalue weighted by Crippen LogP contribution is 2.29. The molecule has 3 atom stereocenters. The van der Waals surface area contributed by atoms with Gasteiger partial charge >= 0.3 is 6.09 Å². The number of aryl methyl sites for hydroxylation is 1. The summed E-state index contributed by atoms with van der Waals surface area (Å²) in [5, 5.41) is 5.73. The zero-order valence-corrected chi connectivity index (χ0v) is 22.0. The molecule has 3 unspecified atom stereocenters. The van der Waals surface area contributed by atoms with Crippen molar-refractivity contribution in [2.45, 2.75) is 105 Å². The Bertz CT molecular complexity index is 814. The molecule has 0 spiro atoms. The number of carbonyl (C=O) groups is 3. The summed E-state index contributed by atoms with van der Waals surface area (Å²) < 4.78 is 5.40. The van der Waals surface area contributed by atoms with Gasteiger partial charge in [-0.3, -0.25) is 9.59 Å². The third-order valence-electron chi connectivity index (χ3n) is 5.37. The Kier molecular flexibility index (Phi) is 10.4. The van der Waals surface area contributed by atoms with Gasteiger partial charge in [-0.1, -0.05) is 45.0 Å². The van der Waals surface area contributed by atoms with Crippen LogP contribution in [0.3, 0.4) is 0 Å². The zero-order chi connectivity index (χ0) is 25.5. The molecule has 0 heterocycles. The zero-order valence-electron chi connectivity index (χ0n) is 22.0. The van der Waals surface area contributed by atoms with E-state index in [0.717, 1.165) is 11.1 Å². The van der Waals surface area contributed by atoms with E-state index in [4.69, 9.17) is 4.74 Å². The van der Waals surface area contributed by atoms with Crippen molar-refractivity contribution < 1.29 is 19.1 Å². The maximum Gasteiger partial charge on any atom is 0.408 e. The van der Waals surface area contributed by atoms with Crippen molar-refractivity contribution in [2.24, 2.45) is 5.92 Å². The number of nitrogens with zero attached hydrogens (tertiary/aromatic N) is 1. The smallest absolute Gasteiger partial charge is 0.408 e. The molecule has 2 N–H and O–H groups in total. The molecule has 0 aromatic heterocycles. The molecule has 186 valence electrons. The molecule has 0 aliphatic rings. The minimum absolute atomic E-state index is 0.0845. The third-order valence-corrected chi connectivity index (χ3v) is 5.37. The van der Waals surface area contributed by atoms with Crippen molar-refractivity contribution in [3.05, 3.63) is 35.4 Å². The topological polar surface area (TPSA) is 87.7 Å². The van der Waals surface area contributed by atoms with Crippen LogP contribution in [-0.2, 0) is 14.3 Å². The van der Waals surface area contributed by atoms with Gasteiger partial charge in [-0.15, -0.1) is 0 Å². The first-order valence-electron chi connectivity index (χ1n) is 11.9. The highest BCUT2D eigenvalue weighted by atomic mass is 16.6. The average molecular weight is 462 g/mol. The van der Waals surface area contributed by atoms with Crippen molar-refractivity contribution >= 4 is 17.9 Å². The molecule has 1 rings (SSSR count). The molecule has 1 aromatic rings. The number of hydrogen-bond donors (Lipinski definition) is 2. The number of rotatable bonds is 9. The van der Waals surface area contributed by atoms with E-state index < -0.39 is 23.8 Å². The van der Waals surface area contributed by atoms with Gasteiger partial charge in [0, 0.05) is 12.1 Å². The van der Waals surface area contributed by atoms with Crippen LogP contribution in [0.15, 0.2) is 24.3 Å². The molecule has 1 aromatic carbocycles. The molecular weight excluding hydrogens is 418 g/mol. The quantitative estimate of drug-likeness (QED) is 0.556. The highest BCUT2D eigenvalue weighted by Gasteiger charge is 2.40. The molecule has 0 radical (unpaired) electrons. The normalized spacial score (nSPS) is 14.4. The summed E-state index contributed by atoms with van der Waals surface area (Å²) in [7, 11) is 0. The summed E-state index contributed by atoms with van der Waals surface area (Å²) in [6.07, 6.45) is -0.00178. The molecule has 0 aliphatic heterocycles. The van der Waals surface area contributed by atoms with Gasteiger partial charge in [-0.25, -0.2) is 4.79 Å². The van der Waals surface area contributed by atoms with Crippen molar-refractivity contribution in [2.75, 3.05) is 0 Å². The predicted octanol–water partition coefficient (Wildman–Crippen LogP) is 4.74. The minimum atomic E-state index is -0.841. The summed E-state index contributed by atoms with van der Waals surface area (Å²) in [4.78, 5) is 41.6. The Balaban J connectivity index is 3.52. The Morgan fingerprint density at radius 2 is 1.58 bits per heavy atom. The van der Waals surface area contributed by atoms with Crippen molar-refractivity contribution in [3.63, 3.8) is 0 Å². The van der Waals surface area contributed by atoms with Crippen molar-refractivity contribution in [1.82, 2.24) is 15.5 Å². The van der Waals surface area contributed by atoms with Gasteiger partial charge in [0.15, 0.2) is 0 Å². The van der Waals surface area contributed by atoms with E-state index in [-0.39, 0.29) is 29.8 Å². The molecule has 0 bridgehead atoms. The molecule has 0 aliphatic carbocycles. The van der Waals surface area contributed by atoms with Crippen LogP contribution in [0.4, 0.5) is 4.79 Å². The lowest BCUT2D eigenvalue weighted by molar-refractivity contribution is -0.146. The van der Waals surface area contributed by atoms with E-state index >= 15 is 0 Å². The molecule has 33 heavy (non-hydrogen) atoms. The number of nitrogens with one attached hydrogen (secondary N) is 2. The number of hydrogen-bond acceptors (Lipinski definition) is 4. The van der Waals surface area contributed by atoms with E-state index in [2.05, 4.69) is 10.6 Å². The fraction of sp³-hybridized carbons (Fsp3) is 0.654. The van der Waals surface area contributed by atoms with Gasteiger partial charge in [-0.2, -0.15) is 0 Å². The van der Waals surface area contributed by atoms with Crippen LogP contribution in [0, 0.1) is 12.8 Å². The van der Waals surface area contributed by atoms with Crippen LogP contribution < -0.4 is 10.6 Å². The standard InChI is InChI=1S/C26H43N3O4/c1-11-19(7)29(24(31)21(16(2)3)28-25(32)33-26(8,9)10)22(23(30)27-17(4)5)20-15-13-12-14-18(20)6/h12-17,19,21-22H,11H2,1-10H3,(H,27,30)(H,28,32). The van der Waals surface area contributed by atoms with Crippen LogP contribution in [0.2, 0.25) is 0 Å².